The molecular formula is C11H14N2O3. The maximum atomic E-state index is 11.5. The lowest BCUT2D eigenvalue weighted by atomic mass is 10.1. The van der Waals surface area contributed by atoms with Crippen molar-refractivity contribution in [3.63, 3.8) is 0 Å². The molecule has 5 heteroatoms. The van der Waals surface area contributed by atoms with Gasteiger partial charge in [-0.3, -0.25) is 4.90 Å². The number of benzene rings is 1. The molecule has 0 aliphatic carbocycles. The first-order chi connectivity index (χ1) is 7.63. The Bertz CT molecular complexity index is 431. The van der Waals surface area contributed by atoms with Crippen molar-refractivity contribution >= 4 is 11.7 Å². The fraction of sp³-hybridized carbons (Fsp3) is 0.364. The average Bonchev–Trinajstić information content (AvgIpc) is 2.72. The maximum Gasteiger partial charge on any atom is 0.321 e. The maximum absolute atomic E-state index is 11.5. The fourth-order valence-corrected chi connectivity index (χ4v) is 1.67. The number of ether oxygens (including phenoxy) is 2. The van der Waals surface area contributed by atoms with Gasteiger partial charge < -0.3 is 14.8 Å². The molecule has 5 nitrogen and oxygen atoms in total. The van der Waals surface area contributed by atoms with E-state index < -0.39 is 0 Å². The highest BCUT2D eigenvalue weighted by Crippen LogP contribution is 2.37. The van der Waals surface area contributed by atoms with Crippen LogP contribution in [0, 0.1) is 6.92 Å². The number of hydrogen-bond acceptors (Lipinski definition) is 3. The molecule has 1 heterocycles. The Balaban J connectivity index is 2.38. The van der Waals surface area contributed by atoms with Crippen LogP contribution in [0.1, 0.15) is 5.56 Å². The van der Waals surface area contributed by atoms with E-state index >= 15 is 0 Å². The van der Waals surface area contributed by atoms with Crippen LogP contribution in [0.15, 0.2) is 12.1 Å². The summed E-state index contributed by atoms with van der Waals surface area (Å²) in [4.78, 5) is 13.0. The summed E-state index contributed by atoms with van der Waals surface area (Å²) in [5, 5.41) is 2.57. The van der Waals surface area contributed by atoms with Crippen LogP contribution in [0.4, 0.5) is 10.5 Å². The zero-order valence-corrected chi connectivity index (χ0v) is 9.53. The van der Waals surface area contributed by atoms with Crippen molar-refractivity contribution in [2.75, 3.05) is 25.8 Å². The first-order valence-corrected chi connectivity index (χ1v) is 4.99. The number of urea groups is 1. The molecule has 0 saturated heterocycles. The predicted molar refractivity (Wildman–Crippen MR) is 60.2 cm³/mol. The van der Waals surface area contributed by atoms with Gasteiger partial charge in [0.25, 0.3) is 0 Å². The van der Waals surface area contributed by atoms with Crippen LogP contribution in [0.5, 0.6) is 11.5 Å². The standard InChI is InChI=1S/C11H14N2O3/c1-7-4-9-10(16-6-15-9)5-8(7)13(3)11(14)12-2/h4-5H,6H2,1-3H3,(H,12,14). The molecule has 1 aliphatic rings. The second-order valence-corrected chi connectivity index (χ2v) is 3.61. The third kappa shape index (κ3) is 1.64. The lowest BCUT2D eigenvalue weighted by Crippen LogP contribution is -2.35. The summed E-state index contributed by atoms with van der Waals surface area (Å²) in [7, 11) is 3.31. The fourth-order valence-electron chi connectivity index (χ4n) is 1.67. The monoisotopic (exact) mass is 222 g/mol. The molecule has 0 atom stereocenters. The molecule has 1 aromatic rings. The molecule has 2 rings (SSSR count). The van der Waals surface area contributed by atoms with E-state index in [4.69, 9.17) is 9.47 Å². The van der Waals surface area contributed by atoms with Crippen molar-refractivity contribution in [2.24, 2.45) is 0 Å². The molecule has 86 valence electrons. The third-order valence-corrected chi connectivity index (χ3v) is 2.57. The Morgan fingerprint density at radius 3 is 2.62 bits per heavy atom. The summed E-state index contributed by atoms with van der Waals surface area (Å²) in [6.07, 6.45) is 0. The summed E-state index contributed by atoms with van der Waals surface area (Å²) in [6.45, 7) is 2.17. The number of carbonyl (C=O) groups excluding carboxylic acids is 1. The summed E-state index contributed by atoms with van der Waals surface area (Å²) in [5.74, 6) is 1.41. The quantitative estimate of drug-likeness (QED) is 0.783. The Kier molecular flexibility index (Phi) is 2.60. The first-order valence-electron chi connectivity index (χ1n) is 4.99. The highest BCUT2D eigenvalue weighted by atomic mass is 16.7. The second kappa shape index (κ2) is 3.92. The highest BCUT2D eigenvalue weighted by molar-refractivity contribution is 5.92. The van der Waals surface area contributed by atoms with Gasteiger partial charge >= 0.3 is 6.03 Å². The topological polar surface area (TPSA) is 50.8 Å². The molecule has 0 bridgehead atoms. The second-order valence-electron chi connectivity index (χ2n) is 3.61. The number of carbonyl (C=O) groups is 1. The van der Waals surface area contributed by atoms with Crippen molar-refractivity contribution < 1.29 is 14.3 Å². The van der Waals surface area contributed by atoms with Gasteiger partial charge in [-0.05, 0) is 18.6 Å². The highest BCUT2D eigenvalue weighted by Gasteiger charge is 2.19. The van der Waals surface area contributed by atoms with E-state index in [0.29, 0.717) is 5.75 Å². The van der Waals surface area contributed by atoms with Crippen molar-refractivity contribution in [1.82, 2.24) is 5.32 Å². The summed E-state index contributed by atoms with van der Waals surface area (Å²) in [5.41, 5.74) is 1.78. The summed E-state index contributed by atoms with van der Waals surface area (Å²) in [6, 6.07) is 3.52. The van der Waals surface area contributed by atoms with Crippen LogP contribution < -0.4 is 19.7 Å². The van der Waals surface area contributed by atoms with Gasteiger partial charge in [0, 0.05) is 20.2 Å². The van der Waals surface area contributed by atoms with Crippen molar-refractivity contribution in [3.8, 4) is 11.5 Å². The zero-order chi connectivity index (χ0) is 11.7. The lowest BCUT2D eigenvalue weighted by Gasteiger charge is -2.19. The van der Waals surface area contributed by atoms with E-state index in [0.717, 1.165) is 17.0 Å². The minimum Gasteiger partial charge on any atom is -0.454 e. The molecule has 0 radical (unpaired) electrons. The molecule has 1 aliphatic heterocycles. The van der Waals surface area contributed by atoms with E-state index in [1.807, 2.05) is 19.1 Å². The Morgan fingerprint density at radius 2 is 2.00 bits per heavy atom. The van der Waals surface area contributed by atoms with Gasteiger partial charge in [-0.1, -0.05) is 0 Å². The van der Waals surface area contributed by atoms with Crippen molar-refractivity contribution in [2.45, 2.75) is 6.92 Å². The van der Waals surface area contributed by atoms with Crippen LogP contribution in [-0.4, -0.2) is 26.9 Å². The number of fused-ring (bicyclic) bond motifs is 1. The predicted octanol–water partition coefficient (Wildman–Crippen LogP) is 1.50. The normalized spacial score (nSPS) is 12.4. The van der Waals surface area contributed by atoms with Crippen LogP contribution in [0.2, 0.25) is 0 Å². The average molecular weight is 222 g/mol. The Labute approximate surface area is 93.9 Å². The van der Waals surface area contributed by atoms with Crippen molar-refractivity contribution in [3.05, 3.63) is 17.7 Å². The van der Waals surface area contributed by atoms with E-state index in [9.17, 15) is 4.79 Å². The van der Waals surface area contributed by atoms with Gasteiger partial charge in [-0.25, -0.2) is 4.79 Å². The number of anilines is 1. The van der Waals surface area contributed by atoms with Gasteiger partial charge in [-0.15, -0.1) is 0 Å². The van der Waals surface area contributed by atoms with Crippen LogP contribution in [0.3, 0.4) is 0 Å². The van der Waals surface area contributed by atoms with Gasteiger partial charge in [-0.2, -0.15) is 0 Å². The SMILES string of the molecule is CNC(=O)N(C)c1cc2c(cc1C)OCO2. The third-order valence-electron chi connectivity index (χ3n) is 2.57. The number of hydrogen-bond donors (Lipinski definition) is 1. The zero-order valence-electron chi connectivity index (χ0n) is 9.53. The lowest BCUT2D eigenvalue weighted by molar-refractivity contribution is 0.174. The number of aryl methyl sites for hydroxylation is 1. The number of rotatable bonds is 1. The Morgan fingerprint density at radius 1 is 1.38 bits per heavy atom. The van der Waals surface area contributed by atoms with Crippen LogP contribution in [-0.2, 0) is 0 Å². The minimum atomic E-state index is -0.165. The largest absolute Gasteiger partial charge is 0.454 e. The summed E-state index contributed by atoms with van der Waals surface area (Å²) < 4.78 is 10.5. The minimum absolute atomic E-state index is 0.165. The van der Waals surface area contributed by atoms with Crippen molar-refractivity contribution in [1.29, 1.82) is 0 Å². The molecule has 0 fully saturated rings. The molecule has 0 aromatic heterocycles. The van der Waals surface area contributed by atoms with E-state index in [1.54, 1.807) is 14.1 Å². The van der Waals surface area contributed by atoms with Crippen LogP contribution in [0.25, 0.3) is 0 Å². The molecule has 1 N–H and O–H groups in total. The molecule has 0 saturated carbocycles. The molecule has 16 heavy (non-hydrogen) atoms. The molecule has 2 amide bonds. The van der Waals surface area contributed by atoms with E-state index in [1.165, 1.54) is 4.90 Å². The van der Waals surface area contributed by atoms with Crippen LogP contribution >= 0.6 is 0 Å². The molecular weight excluding hydrogens is 208 g/mol. The van der Waals surface area contributed by atoms with Gasteiger partial charge in [0.1, 0.15) is 0 Å². The first kappa shape index (κ1) is 10.6. The number of amides is 2. The van der Waals surface area contributed by atoms with Gasteiger partial charge in [0.2, 0.25) is 6.79 Å². The number of nitrogens with one attached hydrogen (secondary N) is 1. The van der Waals surface area contributed by atoms with E-state index in [2.05, 4.69) is 5.32 Å². The molecule has 1 aromatic carbocycles. The number of nitrogens with zero attached hydrogens (tertiary/aromatic N) is 1. The molecule has 0 unspecified atom stereocenters. The van der Waals surface area contributed by atoms with Gasteiger partial charge in [0.05, 0.1) is 5.69 Å². The smallest absolute Gasteiger partial charge is 0.321 e. The van der Waals surface area contributed by atoms with Gasteiger partial charge in [0.15, 0.2) is 11.5 Å². The molecule has 0 spiro atoms. The summed E-state index contributed by atoms with van der Waals surface area (Å²) >= 11 is 0. The Hall–Kier alpha value is -1.91. The van der Waals surface area contributed by atoms with E-state index in [-0.39, 0.29) is 12.8 Å².